The van der Waals surface area contributed by atoms with Gasteiger partial charge in [0.05, 0.1) is 0 Å². The summed E-state index contributed by atoms with van der Waals surface area (Å²) in [5.74, 6) is 0. The Hall–Kier alpha value is -0.970. The Morgan fingerprint density at radius 2 is 2.17 bits per heavy atom. The van der Waals surface area contributed by atoms with Crippen molar-refractivity contribution in [2.75, 3.05) is 45.8 Å². The Labute approximate surface area is 110 Å². The van der Waals surface area contributed by atoms with E-state index in [0.29, 0.717) is 0 Å². The summed E-state index contributed by atoms with van der Waals surface area (Å²) in [5, 5.41) is 6.88. The lowest BCUT2D eigenvalue weighted by Gasteiger charge is -2.27. The summed E-state index contributed by atoms with van der Waals surface area (Å²) < 4.78 is 0. The molecule has 0 atom stereocenters. The van der Waals surface area contributed by atoms with Crippen LogP contribution in [0.3, 0.4) is 0 Å². The molecule has 1 fully saturated rings. The van der Waals surface area contributed by atoms with Gasteiger partial charge in [0.25, 0.3) is 0 Å². The van der Waals surface area contributed by atoms with Crippen molar-refractivity contribution in [1.82, 2.24) is 20.5 Å². The van der Waals surface area contributed by atoms with Gasteiger partial charge in [0.1, 0.15) is 0 Å². The van der Waals surface area contributed by atoms with Crippen LogP contribution in [0.4, 0.5) is 0 Å². The van der Waals surface area contributed by atoms with Gasteiger partial charge in [0.2, 0.25) is 0 Å². The van der Waals surface area contributed by atoms with E-state index in [1.54, 1.807) is 0 Å². The van der Waals surface area contributed by atoms with E-state index in [1.807, 2.05) is 18.5 Å². The van der Waals surface area contributed by atoms with Crippen molar-refractivity contribution in [2.24, 2.45) is 0 Å². The number of hydrogen-bond acceptors (Lipinski definition) is 4. The summed E-state index contributed by atoms with van der Waals surface area (Å²) in [6.07, 6.45) is 6.08. The summed E-state index contributed by atoms with van der Waals surface area (Å²) in [4.78, 5) is 6.66. The molecule has 1 aliphatic rings. The zero-order valence-electron chi connectivity index (χ0n) is 11.1. The number of nitrogens with one attached hydrogen (secondary N) is 2. The third-order valence-electron chi connectivity index (χ3n) is 3.35. The average Bonchev–Trinajstić information content (AvgIpc) is 2.45. The Bertz CT molecular complexity index is 309. The van der Waals surface area contributed by atoms with Gasteiger partial charge in [-0.1, -0.05) is 6.07 Å². The van der Waals surface area contributed by atoms with Crippen molar-refractivity contribution < 1.29 is 0 Å². The quantitative estimate of drug-likeness (QED) is 0.690. The van der Waals surface area contributed by atoms with Gasteiger partial charge >= 0.3 is 0 Å². The highest BCUT2D eigenvalue weighted by molar-refractivity contribution is 5.08. The van der Waals surface area contributed by atoms with Gasteiger partial charge in [-0.3, -0.25) is 4.98 Å². The maximum Gasteiger partial charge on any atom is 0.0300 e. The molecule has 1 aromatic rings. The lowest BCUT2D eigenvalue weighted by atomic mass is 10.2. The minimum Gasteiger partial charge on any atom is -0.316 e. The zero-order valence-corrected chi connectivity index (χ0v) is 11.1. The van der Waals surface area contributed by atoms with Crippen LogP contribution in [0.2, 0.25) is 0 Å². The summed E-state index contributed by atoms with van der Waals surface area (Å²) in [6, 6.07) is 4.13. The van der Waals surface area contributed by atoms with Crippen LogP contribution in [0.15, 0.2) is 24.5 Å². The molecule has 0 bridgehead atoms. The van der Waals surface area contributed by atoms with Gasteiger partial charge in [0.15, 0.2) is 0 Å². The topological polar surface area (TPSA) is 40.2 Å². The molecule has 2 N–H and O–H groups in total. The molecule has 0 amide bonds. The molecular weight excluding hydrogens is 224 g/mol. The first kappa shape index (κ1) is 13.5. The second-order valence-corrected chi connectivity index (χ2v) is 4.81. The fourth-order valence-electron chi connectivity index (χ4n) is 2.27. The standard InChI is InChI=1S/C14H24N4/c1-3-14(13-17-5-1)4-7-15-6-2-10-18-11-8-16-9-12-18/h1,3,5,13,15-16H,2,4,6-12H2. The molecular formula is C14H24N4. The van der Waals surface area contributed by atoms with Crippen LogP contribution in [0.1, 0.15) is 12.0 Å². The minimum atomic E-state index is 1.05. The van der Waals surface area contributed by atoms with Crippen LogP contribution in [0.25, 0.3) is 0 Å². The van der Waals surface area contributed by atoms with Gasteiger partial charge < -0.3 is 15.5 Å². The van der Waals surface area contributed by atoms with Crippen LogP contribution < -0.4 is 10.6 Å². The number of aromatic nitrogens is 1. The molecule has 1 aliphatic heterocycles. The summed E-state index contributed by atoms with van der Waals surface area (Å²) in [5.41, 5.74) is 1.31. The number of pyridine rings is 1. The molecule has 4 heteroatoms. The Kier molecular flexibility index (Phi) is 6.12. The Morgan fingerprint density at radius 1 is 1.28 bits per heavy atom. The lowest BCUT2D eigenvalue weighted by molar-refractivity contribution is 0.238. The number of nitrogens with zero attached hydrogens (tertiary/aromatic N) is 2. The van der Waals surface area contributed by atoms with Crippen molar-refractivity contribution in [3.8, 4) is 0 Å². The first-order valence-corrected chi connectivity index (χ1v) is 6.98. The van der Waals surface area contributed by atoms with Crippen LogP contribution in [-0.4, -0.2) is 55.7 Å². The Balaban J connectivity index is 1.46. The molecule has 2 rings (SSSR count). The van der Waals surface area contributed by atoms with Gasteiger partial charge in [0, 0.05) is 38.6 Å². The SMILES string of the molecule is c1cncc(CCNCCCN2CCNCC2)c1. The van der Waals surface area contributed by atoms with Crippen LogP contribution in [0.5, 0.6) is 0 Å². The number of piperazine rings is 1. The molecule has 1 aromatic heterocycles. The van der Waals surface area contributed by atoms with Crippen LogP contribution in [0, 0.1) is 0 Å². The fourth-order valence-corrected chi connectivity index (χ4v) is 2.27. The number of rotatable bonds is 7. The van der Waals surface area contributed by atoms with Crippen molar-refractivity contribution >= 4 is 0 Å². The first-order chi connectivity index (χ1) is 8.95. The zero-order chi connectivity index (χ0) is 12.5. The van der Waals surface area contributed by atoms with E-state index in [0.717, 1.165) is 32.6 Å². The third kappa shape index (κ3) is 5.12. The highest BCUT2D eigenvalue weighted by Crippen LogP contribution is 1.96. The molecule has 0 spiro atoms. The van der Waals surface area contributed by atoms with Gasteiger partial charge in [-0.15, -0.1) is 0 Å². The van der Waals surface area contributed by atoms with E-state index in [1.165, 1.54) is 31.6 Å². The first-order valence-electron chi connectivity index (χ1n) is 6.98. The number of hydrogen-bond donors (Lipinski definition) is 2. The maximum atomic E-state index is 4.12. The monoisotopic (exact) mass is 248 g/mol. The van der Waals surface area contributed by atoms with Crippen molar-refractivity contribution in [2.45, 2.75) is 12.8 Å². The highest BCUT2D eigenvalue weighted by atomic mass is 15.2. The van der Waals surface area contributed by atoms with E-state index < -0.39 is 0 Å². The summed E-state index contributed by atoms with van der Waals surface area (Å²) >= 11 is 0. The predicted octanol–water partition coefficient (Wildman–Crippen LogP) is 0.509. The molecule has 0 radical (unpaired) electrons. The van der Waals surface area contributed by atoms with Gasteiger partial charge in [-0.25, -0.2) is 0 Å². The molecule has 0 aromatic carbocycles. The van der Waals surface area contributed by atoms with E-state index in [2.05, 4.69) is 26.6 Å². The minimum absolute atomic E-state index is 1.05. The lowest BCUT2D eigenvalue weighted by Crippen LogP contribution is -2.44. The molecule has 0 aliphatic carbocycles. The smallest absolute Gasteiger partial charge is 0.0300 e. The largest absolute Gasteiger partial charge is 0.316 e. The Morgan fingerprint density at radius 3 is 2.94 bits per heavy atom. The average molecular weight is 248 g/mol. The molecule has 0 saturated carbocycles. The van der Waals surface area contributed by atoms with Crippen LogP contribution in [-0.2, 0) is 6.42 Å². The summed E-state index contributed by atoms with van der Waals surface area (Å²) in [6.45, 7) is 8.09. The van der Waals surface area contributed by atoms with Crippen molar-refractivity contribution in [1.29, 1.82) is 0 Å². The van der Waals surface area contributed by atoms with E-state index in [9.17, 15) is 0 Å². The van der Waals surface area contributed by atoms with Gasteiger partial charge in [-0.05, 0) is 44.1 Å². The van der Waals surface area contributed by atoms with Crippen LogP contribution >= 0.6 is 0 Å². The third-order valence-corrected chi connectivity index (χ3v) is 3.35. The maximum absolute atomic E-state index is 4.12. The van der Waals surface area contributed by atoms with Crippen molar-refractivity contribution in [3.63, 3.8) is 0 Å². The van der Waals surface area contributed by atoms with E-state index in [-0.39, 0.29) is 0 Å². The van der Waals surface area contributed by atoms with E-state index in [4.69, 9.17) is 0 Å². The molecule has 100 valence electrons. The van der Waals surface area contributed by atoms with Gasteiger partial charge in [-0.2, -0.15) is 0 Å². The van der Waals surface area contributed by atoms with Crippen molar-refractivity contribution in [3.05, 3.63) is 30.1 Å². The second-order valence-electron chi connectivity index (χ2n) is 4.81. The summed E-state index contributed by atoms with van der Waals surface area (Å²) in [7, 11) is 0. The molecule has 1 saturated heterocycles. The van der Waals surface area contributed by atoms with E-state index >= 15 is 0 Å². The second kappa shape index (κ2) is 8.19. The molecule has 0 unspecified atom stereocenters. The molecule has 4 nitrogen and oxygen atoms in total. The predicted molar refractivity (Wildman–Crippen MR) is 74.7 cm³/mol. The normalized spacial score (nSPS) is 16.9. The molecule has 18 heavy (non-hydrogen) atoms. The highest BCUT2D eigenvalue weighted by Gasteiger charge is 2.07. The fraction of sp³-hybridized carbons (Fsp3) is 0.643. The molecule has 2 heterocycles.